The van der Waals surface area contributed by atoms with E-state index in [4.69, 9.17) is 9.47 Å². The lowest BCUT2D eigenvalue weighted by molar-refractivity contribution is -0.0914. The van der Waals surface area contributed by atoms with Gasteiger partial charge >= 0.3 is 0 Å². The van der Waals surface area contributed by atoms with E-state index in [0.29, 0.717) is 12.5 Å². The highest BCUT2D eigenvalue weighted by atomic mass is 32.1. The molecular weight excluding hydrogens is 298 g/mol. The molecule has 0 saturated carbocycles. The number of hydrogen-bond acceptors (Lipinski definition) is 6. The summed E-state index contributed by atoms with van der Waals surface area (Å²) in [5.41, 5.74) is 1.02. The smallest absolute Gasteiger partial charge is 0.222 e. The summed E-state index contributed by atoms with van der Waals surface area (Å²) < 4.78 is 11.5. The molecule has 3 aromatic rings. The molecular formula is C16H17N3O2S. The Morgan fingerprint density at radius 2 is 1.86 bits per heavy atom. The highest BCUT2D eigenvalue weighted by molar-refractivity contribution is 7.22. The lowest BCUT2D eigenvalue weighted by Crippen LogP contribution is -2.24. The second-order valence-electron chi connectivity index (χ2n) is 4.73. The van der Waals surface area contributed by atoms with Crippen LogP contribution in [0.4, 0.5) is 5.95 Å². The SMILES string of the molecule is COC(CNc1ncc(-c2cc3ccccc3s2)cn1)OC. The number of nitrogens with zero attached hydrogens (tertiary/aromatic N) is 2. The monoisotopic (exact) mass is 315 g/mol. The number of rotatable bonds is 6. The molecule has 0 amide bonds. The van der Waals surface area contributed by atoms with Gasteiger partial charge in [-0.1, -0.05) is 18.2 Å². The predicted molar refractivity (Wildman–Crippen MR) is 89.1 cm³/mol. The maximum Gasteiger partial charge on any atom is 0.222 e. The van der Waals surface area contributed by atoms with Crippen molar-refractivity contribution in [2.75, 3.05) is 26.1 Å². The average Bonchev–Trinajstić information content (AvgIpc) is 3.00. The molecule has 1 N–H and O–H groups in total. The van der Waals surface area contributed by atoms with Crippen LogP contribution in [0, 0.1) is 0 Å². The van der Waals surface area contributed by atoms with Crippen LogP contribution in [0.3, 0.4) is 0 Å². The Morgan fingerprint density at radius 1 is 1.14 bits per heavy atom. The Bertz CT molecular complexity index is 705. The number of fused-ring (bicyclic) bond motifs is 1. The van der Waals surface area contributed by atoms with Crippen molar-refractivity contribution in [1.82, 2.24) is 9.97 Å². The van der Waals surface area contributed by atoms with Gasteiger partial charge in [0, 0.05) is 41.8 Å². The fraction of sp³-hybridized carbons (Fsp3) is 0.250. The van der Waals surface area contributed by atoms with Crippen molar-refractivity contribution in [1.29, 1.82) is 0 Å². The summed E-state index contributed by atoms with van der Waals surface area (Å²) >= 11 is 1.74. The Kier molecular flexibility index (Phi) is 4.62. The molecule has 22 heavy (non-hydrogen) atoms. The Labute approximate surface area is 132 Å². The van der Waals surface area contributed by atoms with Crippen molar-refractivity contribution in [3.63, 3.8) is 0 Å². The summed E-state index contributed by atoms with van der Waals surface area (Å²) in [6.45, 7) is 0.495. The molecule has 0 fully saturated rings. The minimum Gasteiger partial charge on any atom is -0.354 e. The van der Waals surface area contributed by atoms with Crippen molar-refractivity contribution < 1.29 is 9.47 Å². The van der Waals surface area contributed by atoms with E-state index in [2.05, 4.69) is 33.5 Å². The molecule has 2 heterocycles. The number of methoxy groups -OCH3 is 2. The van der Waals surface area contributed by atoms with Crippen molar-refractivity contribution in [3.05, 3.63) is 42.7 Å². The van der Waals surface area contributed by atoms with Gasteiger partial charge in [0.1, 0.15) is 0 Å². The molecule has 0 radical (unpaired) electrons. The molecule has 6 heteroatoms. The third kappa shape index (κ3) is 3.24. The second-order valence-corrected chi connectivity index (χ2v) is 5.81. The van der Waals surface area contributed by atoms with Gasteiger partial charge in [-0.15, -0.1) is 11.3 Å². The van der Waals surface area contributed by atoms with Gasteiger partial charge in [0.2, 0.25) is 5.95 Å². The lowest BCUT2D eigenvalue weighted by Gasteiger charge is -2.13. The van der Waals surface area contributed by atoms with E-state index in [1.807, 2.05) is 24.5 Å². The Balaban J connectivity index is 1.73. The minimum absolute atomic E-state index is 0.314. The van der Waals surface area contributed by atoms with Crippen molar-refractivity contribution in [2.24, 2.45) is 0 Å². The number of nitrogens with one attached hydrogen (secondary N) is 1. The van der Waals surface area contributed by atoms with E-state index in [0.717, 1.165) is 5.56 Å². The van der Waals surface area contributed by atoms with Gasteiger partial charge in [-0.05, 0) is 17.5 Å². The first-order valence-corrected chi connectivity index (χ1v) is 7.72. The fourth-order valence-electron chi connectivity index (χ4n) is 2.11. The van der Waals surface area contributed by atoms with Crippen LogP contribution in [0.25, 0.3) is 20.5 Å². The van der Waals surface area contributed by atoms with Gasteiger partial charge in [0.15, 0.2) is 6.29 Å². The van der Waals surface area contributed by atoms with E-state index in [9.17, 15) is 0 Å². The third-order valence-electron chi connectivity index (χ3n) is 3.31. The Hall–Kier alpha value is -2.02. The van der Waals surface area contributed by atoms with Gasteiger partial charge in [-0.2, -0.15) is 0 Å². The standard InChI is InChI=1S/C16H17N3O2S/c1-20-15(21-2)10-19-16-17-8-12(9-18-16)14-7-11-5-3-4-6-13(11)22-14/h3-9,15H,10H2,1-2H3,(H,17,18,19). The summed E-state index contributed by atoms with van der Waals surface area (Å²) in [4.78, 5) is 9.84. The van der Waals surface area contributed by atoms with Crippen molar-refractivity contribution in [2.45, 2.75) is 6.29 Å². The van der Waals surface area contributed by atoms with Crippen molar-refractivity contribution in [3.8, 4) is 10.4 Å². The first-order chi connectivity index (χ1) is 10.8. The van der Waals surface area contributed by atoms with E-state index in [-0.39, 0.29) is 6.29 Å². The topological polar surface area (TPSA) is 56.3 Å². The van der Waals surface area contributed by atoms with Crippen LogP contribution in [-0.2, 0) is 9.47 Å². The molecule has 2 aromatic heterocycles. The zero-order valence-corrected chi connectivity index (χ0v) is 13.3. The molecule has 0 aliphatic heterocycles. The maximum absolute atomic E-state index is 5.11. The second kappa shape index (κ2) is 6.83. The van der Waals surface area contributed by atoms with Gasteiger partial charge in [-0.3, -0.25) is 0 Å². The van der Waals surface area contributed by atoms with E-state index >= 15 is 0 Å². The van der Waals surface area contributed by atoms with Gasteiger partial charge in [0.05, 0.1) is 6.54 Å². The van der Waals surface area contributed by atoms with Crippen molar-refractivity contribution >= 4 is 27.4 Å². The third-order valence-corrected chi connectivity index (χ3v) is 4.48. The molecule has 0 atom stereocenters. The summed E-state index contributed by atoms with van der Waals surface area (Å²) in [6, 6.07) is 10.5. The first-order valence-electron chi connectivity index (χ1n) is 6.90. The van der Waals surface area contributed by atoms with Crippen LogP contribution < -0.4 is 5.32 Å². The van der Waals surface area contributed by atoms with Crippen LogP contribution in [0.5, 0.6) is 0 Å². The number of aromatic nitrogens is 2. The predicted octanol–water partition coefficient (Wildman–Crippen LogP) is 3.39. The average molecular weight is 315 g/mol. The molecule has 0 spiro atoms. The molecule has 114 valence electrons. The summed E-state index contributed by atoms with van der Waals surface area (Å²) in [5, 5.41) is 4.33. The molecule has 3 rings (SSSR count). The van der Waals surface area contributed by atoms with Crippen LogP contribution >= 0.6 is 11.3 Å². The largest absolute Gasteiger partial charge is 0.354 e. The quantitative estimate of drug-likeness (QED) is 0.707. The maximum atomic E-state index is 5.11. The molecule has 0 aliphatic rings. The number of hydrogen-bond donors (Lipinski definition) is 1. The van der Waals surface area contributed by atoms with Crippen LogP contribution in [-0.4, -0.2) is 37.0 Å². The zero-order chi connectivity index (χ0) is 15.4. The van der Waals surface area contributed by atoms with E-state index < -0.39 is 0 Å². The molecule has 0 unspecified atom stereocenters. The van der Waals surface area contributed by atoms with E-state index in [1.165, 1.54) is 15.0 Å². The van der Waals surface area contributed by atoms with Gasteiger partial charge in [-0.25, -0.2) is 9.97 Å². The molecule has 0 saturated heterocycles. The Morgan fingerprint density at radius 3 is 2.55 bits per heavy atom. The normalized spacial score (nSPS) is 11.2. The van der Waals surface area contributed by atoms with Crippen LogP contribution in [0.2, 0.25) is 0 Å². The zero-order valence-electron chi connectivity index (χ0n) is 12.4. The fourth-order valence-corrected chi connectivity index (χ4v) is 3.15. The summed E-state index contributed by atoms with van der Waals surface area (Å²) in [6.07, 6.45) is 3.34. The highest BCUT2D eigenvalue weighted by Crippen LogP contribution is 2.32. The minimum atomic E-state index is -0.314. The summed E-state index contributed by atoms with van der Waals surface area (Å²) in [7, 11) is 3.20. The number of anilines is 1. The lowest BCUT2D eigenvalue weighted by atomic mass is 10.2. The number of thiophene rings is 1. The molecule has 5 nitrogen and oxygen atoms in total. The first kappa shape index (κ1) is 14.9. The molecule has 0 aliphatic carbocycles. The summed E-state index contributed by atoms with van der Waals surface area (Å²) in [5.74, 6) is 0.559. The van der Waals surface area contributed by atoms with Gasteiger partial charge < -0.3 is 14.8 Å². The molecule has 1 aromatic carbocycles. The van der Waals surface area contributed by atoms with Crippen LogP contribution in [0.15, 0.2) is 42.7 Å². The van der Waals surface area contributed by atoms with Gasteiger partial charge in [0.25, 0.3) is 0 Å². The van der Waals surface area contributed by atoms with E-state index in [1.54, 1.807) is 25.6 Å². The highest BCUT2D eigenvalue weighted by Gasteiger charge is 2.07. The van der Waals surface area contributed by atoms with Crippen LogP contribution in [0.1, 0.15) is 0 Å². The molecule has 0 bridgehead atoms. The number of ether oxygens (including phenoxy) is 2. The number of benzene rings is 1.